The number of likely N-dealkylation sites (N-methyl/N-ethyl adjacent to an activating group) is 1. The van der Waals surface area contributed by atoms with Crippen molar-refractivity contribution < 1.29 is 14.3 Å². The van der Waals surface area contributed by atoms with Crippen molar-refractivity contribution in [3.8, 4) is 0 Å². The number of para-hydroxylation sites is 1. The van der Waals surface area contributed by atoms with Crippen LogP contribution < -0.4 is 5.32 Å². The van der Waals surface area contributed by atoms with Crippen LogP contribution >= 0.6 is 0 Å². The fraction of sp³-hybridized carbons (Fsp3) is 0.467. The Labute approximate surface area is 118 Å². The first-order valence-electron chi connectivity index (χ1n) is 6.60. The van der Waals surface area contributed by atoms with Crippen LogP contribution in [0.1, 0.15) is 26.3 Å². The molecule has 1 aromatic rings. The van der Waals surface area contributed by atoms with Gasteiger partial charge in [0.1, 0.15) is 12.6 Å². The van der Waals surface area contributed by atoms with Crippen LogP contribution in [-0.2, 0) is 14.9 Å². The number of hydrogen-bond donors (Lipinski definition) is 1. The lowest BCUT2D eigenvalue weighted by Gasteiger charge is -2.24. The zero-order valence-corrected chi connectivity index (χ0v) is 12.3. The van der Waals surface area contributed by atoms with Gasteiger partial charge >= 0.3 is 6.09 Å². The molecule has 1 atom stereocenters. The number of rotatable bonds is 2. The van der Waals surface area contributed by atoms with Gasteiger partial charge in [-0.2, -0.15) is 0 Å². The van der Waals surface area contributed by atoms with Crippen molar-refractivity contribution in [2.75, 3.05) is 19.0 Å². The van der Waals surface area contributed by atoms with Crippen molar-refractivity contribution in [1.29, 1.82) is 0 Å². The molecule has 1 fully saturated rings. The summed E-state index contributed by atoms with van der Waals surface area (Å²) in [5, 5.41) is 2.90. The Hall–Kier alpha value is -2.04. The number of nitrogens with zero attached hydrogens (tertiary/aromatic N) is 1. The van der Waals surface area contributed by atoms with E-state index in [9.17, 15) is 9.59 Å². The molecule has 2 rings (SSSR count). The molecular weight excluding hydrogens is 256 g/mol. The van der Waals surface area contributed by atoms with Crippen molar-refractivity contribution >= 4 is 17.7 Å². The quantitative estimate of drug-likeness (QED) is 0.902. The average Bonchev–Trinajstić information content (AvgIpc) is 2.69. The van der Waals surface area contributed by atoms with E-state index in [4.69, 9.17) is 4.74 Å². The summed E-state index contributed by atoms with van der Waals surface area (Å²) in [6.07, 6.45) is -0.464. The first-order valence-corrected chi connectivity index (χ1v) is 6.60. The molecule has 1 heterocycles. The van der Waals surface area contributed by atoms with Crippen molar-refractivity contribution in [3.05, 3.63) is 29.8 Å². The summed E-state index contributed by atoms with van der Waals surface area (Å²) in [5.74, 6) is -0.227. The number of cyclic esters (lactones) is 1. The van der Waals surface area contributed by atoms with Crippen molar-refractivity contribution in [3.63, 3.8) is 0 Å². The molecule has 0 spiro atoms. The Kier molecular flexibility index (Phi) is 3.70. The van der Waals surface area contributed by atoms with Crippen molar-refractivity contribution in [2.24, 2.45) is 0 Å². The van der Waals surface area contributed by atoms with Gasteiger partial charge in [0.25, 0.3) is 5.91 Å². The zero-order chi connectivity index (χ0) is 14.9. The largest absolute Gasteiger partial charge is 0.447 e. The molecule has 1 N–H and O–H groups in total. The van der Waals surface area contributed by atoms with Crippen molar-refractivity contribution in [2.45, 2.75) is 32.2 Å². The molecule has 1 aromatic carbocycles. The minimum absolute atomic E-state index is 0.0717. The van der Waals surface area contributed by atoms with E-state index in [1.165, 1.54) is 4.90 Å². The third-order valence-electron chi connectivity index (χ3n) is 3.42. The number of carbonyl (C=O) groups is 2. The Morgan fingerprint density at radius 1 is 1.35 bits per heavy atom. The standard InChI is InChI=1S/C15H20N2O3/c1-15(2,3)10-7-5-6-8-11(10)16-13(18)12-9-20-14(19)17(12)4/h5-8,12H,9H2,1-4H3,(H,16,18). The average molecular weight is 276 g/mol. The van der Waals surface area contributed by atoms with Crippen LogP contribution in [-0.4, -0.2) is 36.6 Å². The van der Waals surface area contributed by atoms with Crippen molar-refractivity contribution in [1.82, 2.24) is 4.90 Å². The summed E-state index contributed by atoms with van der Waals surface area (Å²) >= 11 is 0. The molecule has 1 saturated heterocycles. The number of anilines is 1. The molecular formula is C15H20N2O3. The molecule has 0 aliphatic carbocycles. The third-order valence-corrected chi connectivity index (χ3v) is 3.42. The first kappa shape index (κ1) is 14.4. The second-order valence-corrected chi connectivity index (χ2v) is 5.99. The molecule has 2 amide bonds. The highest BCUT2D eigenvalue weighted by Crippen LogP contribution is 2.29. The summed E-state index contributed by atoms with van der Waals surface area (Å²) in [5.41, 5.74) is 1.76. The van der Waals surface area contributed by atoms with Crippen LogP contribution in [0.2, 0.25) is 0 Å². The number of amides is 2. The lowest BCUT2D eigenvalue weighted by Crippen LogP contribution is -2.40. The van der Waals surface area contributed by atoms with Gasteiger partial charge in [0.15, 0.2) is 0 Å². The predicted octanol–water partition coefficient (Wildman–Crippen LogP) is 2.37. The SMILES string of the molecule is CN1C(=O)OCC1C(=O)Nc1ccccc1C(C)(C)C. The highest BCUT2D eigenvalue weighted by atomic mass is 16.6. The van der Waals surface area contributed by atoms with Gasteiger partial charge in [-0.15, -0.1) is 0 Å². The van der Waals surface area contributed by atoms with E-state index in [1.54, 1.807) is 7.05 Å². The van der Waals surface area contributed by atoms with Crippen LogP contribution in [0.5, 0.6) is 0 Å². The molecule has 0 bridgehead atoms. The Morgan fingerprint density at radius 2 is 2.00 bits per heavy atom. The van der Waals surface area contributed by atoms with Gasteiger partial charge in [0, 0.05) is 12.7 Å². The van der Waals surface area contributed by atoms with Gasteiger partial charge in [-0.3, -0.25) is 9.69 Å². The van der Waals surface area contributed by atoms with Gasteiger partial charge in [-0.1, -0.05) is 39.0 Å². The van der Waals surface area contributed by atoms with Crippen LogP contribution in [0.3, 0.4) is 0 Å². The molecule has 5 heteroatoms. The van der Waals surface area contributed by atoms with E-state index in [-0.39, 0.29) is 17.9 Å². The summed E-state index contributed by atoms with van der Waals surface area (Å²) in [6, 6.07) is 7.12. The number of hydrogen-bond acceptors (Lipinski definition) is 3. The van der Waals surface area contributed by atoms with Gasteiger partial charge in [-0.25, -0.2) is 4.79 Å². The maximum absolute atomic E-state index is 12.3. The molecule has 108 valence electrons. The number of benzene rings is 1. The lowest BCUT2D eigenvalue weighted by molar-refractivity contribution is -0.119. The van der Waals surface area contributed by atoms with E-state index < -0.39 is 12.1 Å². The topological polar surface area (TPSA) is 58.6 Å². The highest BCUT2D eigenvalue weighted by molar-refractivity contribution is 5.98. The fourth-order valence-corrected chi connectivity index (χ4v) is 2.20. The Balaban J connectivity index is 2.19. The molecule has 0 radical (unpaired) electrons. The molecule has 1 unspecified atom stereocenters. The molecule has 20 heavy (non-hydrogen) atoms. The predicted molar refractivity (Wildman–Crippen MR) is 76.7 cm³/mol. The maximum Gasteiger partial charge on any atom is 0.410 e. The van der Waals surface area contributed by atoms with E-state index in [0.29, 0.717) is 0 Å². The molecule has 1 aliphatic heterocycles. The highest BCUT2D eigenvalue weighted by Gasteiger charge is 2.35. The van der Waals surface area contributed by atoms with Gasteiger partial charge in [0.05, 0.1) is 0 Å². The lowest BCUT2D eigenvalue weighted by atomic mass is 9.86. The van der Waals surface area contributed by atoms with Crippen LogP contribution in [0.25, 0.3) is 0 Å². The normalized spacial score (nSPS) is 18.9. The maximum atomic E-state index is 12.3. The Morgan fingerprint density at radius 3 is 2.55 bits per heavy atom. The Bertz CT molecular complexity index is 534. The summed E-state index contributed by atoms with van der Waals surface area (Å²) in [4.78, 5) is 24.9. The number of nitrogens with one attached hydrogen (secondary N) is 1. The second-order valence-electron chi connectivity index (χ2n) is 5.99. The molecule has 0 saturated carbocycles. The summed E-state index contributed by atoms with van der Waals surface area (Å²) in [7, 11) is 1.56. The smallest absolute Gasteiger partial charge is 0.410 e. The third kappa shape index (κ3) is 2.76. The van der Waals surface area contributed by atoms with Crippen LogP contribution in [0, 0.1) is 0 Å². The van der Waals surface area contributed by atoms with Crippen LogP contribution in [0.4, 0.5) is 10.5 Å². The van der Waals surface area contributed by atoms with E-state index in [2.05, 4.69) is 26.1 Å². The van der Waals surface area contributed by atoms with E-state index in [0.717, 1.165) is 11.3 Å². The first-order chi connectivity index (χ1) is 9.30. The van der Waals surface area contributed by atoms with Gasteiger partial charge in [-0.05, 0) is 17.0 Å². The van der Waals surface area contributed by atoms with Gasteiger partial charge < -0.3 is 10.1 Å². The fourth-order valence-electron chi connectivity index (χ4n) is 2.20. The van der Waals surface area contributed by atoms with Crippen LogP contribution in [0.15, 0.2) is 24.3 Å². The minimum atomic E-state index is -0.574. The molecule has 5 nitrogen and oxygen atoms in total. The summed E-state index contributed by atoms with van der Waals surface area (Å²) in [6.45, 7) is 6.36. The molecule has 0 aromatic heterocycles. The summed E-state index contributed by atoms with van der Waals surface area (Å²) < 4.78 is 4.86. The zero-order valence-electron chi connectivity index (χ0n) is 12.3. The van der Waals surface area contributed by atoms with E-state index >= 15 is 0 Å². The number of ether oxygens (including phenoxy) is 1. The molecule has 1 aliphatic rings. The van der Waals surface area contributed by atoms with E-state index in [1.807, 2.05) is 24.3 Å². The number of carbonyl (C=O) groups excluding carboxylic acids is 2. The van der Waals surface area contributed by atoms with Gasteiger partial charge in [0.2, 0.25) is 0 Å². The minimum Gasteiger partial charge on any atom is -0.447 e. The monoisotopic (exact) mass is 276 g/mol. The second kappa shape index (κ2) is 5.15.